The lowest BCUT2D eigenvalue weighted by Crippen LogP contribution is -1.96. The fourth-order valence-electron chi connectivity index (χ4n) is 0.538. The minimum absolute atomic E-state index is 0.197. The summed E-state index contributed by atoms with van der Waals surface area (Å²) in [5.41, 5.74) is 0.455. The predicted octanol–water partition coefficient (Wildman–Crippen LogP) is 1.43. The van der Waals surface area contributed by atoms with Crippen molar-refractivity contribution < 1.29 is 9.21 Å². The lowest BCUT2D eigenvalue weighted by molar-refractivity contribution is 0.100. The van der Waals surface area contributed by atoms with Crippen LogP contribution >= 0.6 is 0 Å². The third-order valence-electron chi connectivity index (χ3n) is 1.04. The summed E-state index contributed by atoms with van der Waals surface area (Å²) in [5, 5.41) is 0. The SMILES string of the molecule is C=C(C)C(=O)c1cnco1. The normalized spacial score (nSPS) is 9.30. The highest BCUT2D eigenvalue weighted by Crippen LogP contribution is 2.03. The Hall–Kier alpha value is -1.38. The second kappa shape index (κ2) is 2.47. The first-order valence-electron chi connectivity index (χ1n) is 2.80. The van der Waals surface area contributed by atoms with Crippen LogP contribution in [0.25, 0.3) is 0 Å². The lowest BCUT2D eigenvalue weighted by Gasteiger charge is -1.89. The molecule has 0 atom stereocenters. The van der Waals surface area contributed by atoms with Gasteiger partial charge < -0.3 is 4.42 Å². The molecule has 10 heavy (non-hydrogen) atoms. The molecule has 0 fully saturated rings. The van der Waals surface area contributed by atoms with Crippen LogP contribution in [0.5, 0.6) is 0 Å². The maximum Gasteiger partial charge on any atom is 0.224 e. The first-order chi connectivity index (χ1) is 4.72. The predicted molar refractivity (Wildman–Crippen MR) is 35.6 cm³/mol. The van der Waals surface area contributed by atoms with E-state index >= 15 is 0 Å². The van der Waals surface area contributed by atoms with Crippen LogP contribution in [0.2, 0.25) is 0 Å². The van der Waals surface area contributed by atoms with E-state index in [0.717, 1.165) is 0 Å². The number of nitrogens with zero attached hydrogens (tertiary/aromatic N) is 1. The monoisotopic (exact) mass is 137 g/mol. The maximum atomic E-state index is 11.0. The van der Waals surface area contributed by atoms with E-state index in [9.17, 15) is 4.79 Å². The van der Waals surface area contributed by atoms with Crippen molar-refractivity contribution in [3.05, 3.63) is 30.5 Å². The molecule has 0 bridgehead atoms. The molecule has 0 aliphatic heterocycles. The number of aromatic nitrogens is 1. The number of Topliss-reactive ketones (excluding diaryl/α,β-unsaturated/α-hetero) is 1. The standard InChI is InChI=1S/C7H7NO2/c1-5(2)7(9)6-3-8-4-10-6/h3-4H,1H2,2H3. The number of carbonyl (C=O) groups is 1. The van der Waals surface area contributed by atoms with Gasteiger partial charge in [0.1, 0.15) is 0 Å². The third kappa shape index (κ3) is 1.13. The van der Waals surface area contributed by atoms with E-state index in [4.69, 9.17) is 4.42 Å². The molecule has 1 heterocycles. The highest BCUT2D eigenvalue weighted by molar-refractivity contribution is 6.05. The van der Waals surface area contributed by atoms with Crippen LogP contribution < -0.4 is 0 Å². The van der Waals surface area contributed by atoms with Crippen LogP contribution in [0, 0.1) is 0 Å². The summed E-state index contributed by atoms with van der Waals surface area (Å²) >= 11 is 0. The van der Waals surface area contributed by atoms with Gasteiger partial charge >= 0.3 is 0 Å². The zero-order valence-electron chi connectivity index (χ0n) is 5.63. The molecule has 0 aliphatic carbocycles. The van der Waals surface area contributed by atoms with Crippen LogP contribution in [-0.4, -0.2) is 10.8 Å². The van der Waals surface area contributed by atoms with Crippen molar-refractivity contribution in [3.8, 4) is 0 Å². The lowest BCUT2D eigenvalue weighted by atomic mass is 10.2. The molecule has 0 amide bonds. The van der Waals surface area contributed by atoms with Crippen molar-refractivity contribution in [2.45, 2.75) is 6.92 Å². The van der Waals surface area contributed by atoms with E-state index in [1.165, 1.54) is 12.6 Å². The summed E-state index contributed by atoms with van der Waals surface area (Å²) in [6.07, 6.45) is 2.59. The topological polar surface area (TPSA) is 43.1 Å². The molecule has 3 nitrogen and oxygen atoms in total. The molecule has 0 aliphatic rings. The van der Waals surface area contributed by atoms with Crippen molar-refractivity contribution >= 4 is 5.78 Å². The smallest absolute Gasteiger partial charge is 0.224 e. The number of rotatable bonds is 2. The van der Waals surface area contributed by atoms with Gasteiger partial charge in [-0.25, -0.2) is 4.98 Å². The average Bonchev–Trinajstić information content (AvgIpc) is 2.36. The number of oxazole rings is 1. The van der Waals surface area contributed by atoms with Crippen molar-refractivity contribution in [2.75, 3.05) is 0 Å². The fourth-order valence-corrected chi connectivity index (χ4v) is 0.538. The summed E-state index contributed by atoms with van der Waals surface area (Å²) in [6, 6.07) is 0. The zero-order chi connectivity index (χ0) is 7.56. The summed E-state index contributed by atoms with van der Waals surface area (Å²) < 4.78 is 4.74. The quantitative estimate of drug-likeness (QED) is 0.457. The molecular weight excluding hydrogens is 130 g/mol. The van der Waals surface area contributed by atoms with E-state index in [-0.39, 0.29) is 11.5 Å². The minimum Gasteiger partial charge on any atom is -0.440 e. The summed E-state index contributed by atoms with van der Waals surface area (Å²) in [7, 11) is 0. The van der Waals surface area contributed by atoms with Gasteiger partial charge in [0.15, 0.2) is 12.2 Å². The second-order valence-electron chi connectivity index (χ2n) is 1.98. The molecule has 1 rings (SSSR count). The average molecular weight is 137 g/mol. The Morgan fingerprint density at radius 2 is 2.50 bits per heavy atom. The van der Waals surface area contributed by atoms with Gasteiger partial charge in [-0.1, -0.05) is 6.58 Å². The van der Waals surface area contributed by atoms with E-state index in [2.05, 4.69) is 11.6 Å². The Labute approximate surface area is 58.4 Å². The minimum atomic E-state index is -0.197. The summed E-state index contributed by atoms with van der Waals surface area (Å²) in [4.78, 5) is 14.6. The third-order valence-corrected chi connectivity index (χ3v) is 1.04. The number of hydrogen-bond donors (Lipinski definition) is 0. The number of carbonyl (C=O) groups excluding carboxylic acids is 1. The Balaban J connectivity index is 2.88. The molecule has 0 saturated heterocycles. The largest absolute Gasteiger partial charge is 0.440 e. The van der Waals surface area contributed by atoms with E-state index in [1.807, 2.05) is 0 Å². The van der Waals surface area contributed by atoms with Gasteiger partial charge in [-0.05, 0) is 12.5 Å². The molecular formula is C7H7NO2. The maximum absolute atomic E-state index is 11.0. The van der Waals surface area contributed by atoms with E-state index in [0.29, 0.717) is 5.57 Å². The molecule has 52 valence electrons. The first kappa shape index (κ1) is 6.74. The van der Waals surface area contributed by atoms with Gasteiger partial charge in [-0.3, -0.25) is 4.79 Å². The van der Waals surface area contributed by atoms with Crippen LogP contribution in [0.1, 0.15) is 17.5 Å². The van der Waals surface area contributed by atoms with Crippen LogP contribution in [0.4, 0.5) is 0 Å². The number of hydrogen-bond acceptors (Lipinski definition) is 3. The van der Waals surface area contributed by atoms with E-state index in [1.54, 1.807) is 6.92 Å². The van der Waals surface area contributed by atoms with Gasteiger partial charge in [-0.15, -0.1) is 0 Å². The first-order valence-corrected chi connectivity index (χ1v) is 2.80. The molecule has 0 N–H and O–H groups in total. The van der Waals surface area contributed by atoms with Gasteiger partial charge in [0.2, 0.25) is 5.78 Å². The van der Waals surface area contributed by atoms with Crippen molar-refractivity contribution in [1.29, 1.82) is 0 Å². The molecule has 1 aromatic heterocycles. The van der Waals surface area contributed by atoms with Gasteiger partial charge in [0.25, 0.3) is 0 Å². The number of ketones is 1. The van der Waals surface area contributed by atoms with Crippen molar-refractivity contribution in [1.82, 2.24) is 4.98 Å². The summed E-state index contributed by atoms with van der Waals surface area (Å²) in [6.45, 7) is 5.10. The van der Waals surface area contributed by atoms with Crippen molar-refractivity contribution in [3.63, 3.8) is 0 Å². The van der Waals surface area contributed by atoms with Crippen LogP contribution in [0.3, 0.4) is 0 Å². The van der Waals surface area contributed by atoms with Gasteiger partial charge in [0, 0.05) is 0 Å². The highest BCUT2D eigenvalue weighted by atomic mass is 16.3. The molecule has 0 unspecified atom stereocenters. The van der Waals surface area contributed by atoms with Crippen molar-refractivity contribution in [2.24, 2.45) is 0 Å². The Kier molecular flexibility index (Phi) is 1.67. The second-order valence-corrected chi connectivity index (χ2v) is 1.98. The molecule has 0 saturated carbocycles. The number of allylic oxidation sites excluding steroid dienone is 1. The fraction of sp³-hybridized carbons (Fsp3) is 0.143. The molecule has 0 radical (unpaired) electrons. The summed E-state index contributed by atoms with van der Waals surface area (Å²) in [5.74, 6) is 0.0463. The van der Waals surface area contributed by atoms with Crippen LogP contribution in [-0.2, 0) is 0 Å². The molecule has 3 heteroatoms. The van der Waals surface area contributed by atoms with E-state index < -0.39 is 0 Å². The molecule has 1 aromatic rings. The molecule has 0 spiro atoms. The van der Waals surface area contributed by atoms with Gasteiger partial charge in [-0.2, -0.15) is 0 Å². The Morgan fingerprint density at radius 3 is 2.90 bits per heavy atom. The molecule has 0 aromatic carbocycles. The Morgan fingerprint density at radius 1 is 1.80 bits per heavy atom. The highest BCUT2D eigenvalue weighted by Gasteiger charge is 2.08. The van der Waals surface area contributed by atoms with Gasteiger partial charge in [0.05, 0.1) is 6.20 Å². The van der Waals surface area contributed by atoms with Crippen LogP contribution in [0.15, 0.2) is 29.2 Å². The Bertz CT molecular complexity index is 249. The zero-order valence-corrected chi connectivity index (χ0v) is 5.63.